The van der Waals surface area contributed by atoms with E-state index in [2.05, 4.69) is 0 Å². The number of aliphatic hydroxyl groups is 1. The van der Waals surface area contributed by atoms with Crippen molar-refractivity contribution in [2.75, 3.05) is 0 Å². The van der Waals surface area contributed by atoms with Crippen LogP contribution in [0.4, 0.5) is 0 Å². The molecule has 0 aromatic heterocycles. The van der Waals surface area contributed by atoms with Crippen molar-refractivity contribution in [2.45, 2.75) is 0 Å². The summed E-state index contributed by atoms with van der Waals surface area (Å²) in [6.07, 6.45) is 0.949. The zero-order valence-corrected chi connectivity index (χ0v) is 9.65. The first-order valence-electron chi connectivity index (χ1n) is 3.79. The molecule has 1 aliphatic carbocycles. The zero-order valence-electron chi connectivity index (χ0n) is 8.65. The molecule has 1 aromatic carbocycles. The van der Waals surface area contributed by atoms with Gasteiger partial charge in [-0.15, -0.1) is 0 Å². The first-order valence-corrected chi connectivity index (χ1v) is 3.79. The van der Waals surface area contributed by atoms with Gasteiger partial charge in [0.05, 0.1) is 0 Å². The first-order chi connectivity index (χ1) is 6.20. The fourth-order valence-electron chi connectivity index (χ4n) is 1.30. The van der Waals surface area contributed by atoms with Gasteiger partial charge < -0.3 is 6.53 Å². The average Bonchev–Trinajstić information content (AvgIpc) is 2.15. The monoisotopic (exact) mass is 198 g/mol. The summed E-state index contributed by atoms with van der Waals surface area (Å²) < 4.78 is 0. The first kappa shape index (κ1) is 11.2. The molecule has 66 valence electrons. The van der Waals surface area contributed by atoms with Crippen molar-refractivity contribution in [3.63, 3.8) is 0 Å². The van der Waals surface area contributed by atoms with E-state index in [9.17, 15) is 14.7 Å². The number of Topliss-reactive ketones (excluding diaryl/α,β-unsaturated/α-hetero) is 1. The molecule has 1 N–H and O–H groups in total. The number of hydrogen-bond donors (Lipinski definition) is 1. The van der Waals surface area contributed by atoms with E-state index >= 15 is 0 Å². The Morgan fingerprint density at radius 2 is 1.64 bits per heavy atom. The number of carbonyl (C=O) groups is 2. The van der Waals surface area contributed by atoms with Gasteiger partial charge in [0, 0.05) is 17.2 Å². The third-order valence-corrected chi connectivity index (χ3v) is 1.94. The van der Waals surface area contributed by atoms with Gasteiger partial charge in [-0.2, -0.15) is 0 Å². The molecular weight excluding hydrogens is 191 g/mol. The Kier molecular flexibility index (Phi) is 3.26. The van der Waals surface area contributed by atoms with Crippen LogP contribution in [0.3, 0.4) is 0 Å². The van der Waals surface area contributed by atoms with E-state index in [0.717, 1.165) is 6.08 Å². The van der Waals surface area contributed by atoms with E-state index < -0.39 is 11.6 Å². The van der Waals surface area contributed by atoms with Gasteiger partial charge in [0.25, 0.3) is 0 Å². The molecule has 0 saturated heterocycles. The number of carbonyl (C=O) groups excluding carboxylic acids is 2. The number of hydrogen-bond acceptors (Lipinski definition) is 3. The average molecular weight is 198 g/mol. The molecule has 0 saturated carbocycles. The largest absolute Gasteiger partial charge is 1.00 e. The molecule has 0 radical (unpaired) electrons. The topological polar surface area (TPSA) is 54.4 Å². The molecule has 1 aromatic rings. The Hall–Kier alpha value is -0.900. The van der Waals surface area contributed by atoms with E-state index in [1.165, 1.54) is 6.07 Å². The number of rotatable bonds is 0. The number of benzene rings is 1. The van der Waals surface area contributed by atoms with Crippen LogP contribution in [0.5, 0.6) is 0 Å². The van der Waals surface area contributed by atoms with Crippen LogP contribution in [-0.4, -0.2) is 16.7 Å². The maximum Gasteiger partial charge on any atom is 1.00 e. The van der Waals surface area contributed by atoms with Crippen molar-refractivity contribution in [3.05, 3.63) is 41.5 Å². The molecule has 0 amide bonds. The minimum atomic E-state index is -0.670. The van der Waals surface area contributed by atoms with Crippen LogP contribution in [0.25, 0.3) is 5.76 Å². The number of ketones is 2. The SMILES string of the molecule is O=C1C=C(O)c2ccccc2C1=O.[H-].[Na+]. The Morgan fingerprint density at radius 1 is 1.07 bits per heavy atom. The van der Waals surface area contributed by atoms with Gasteiger partial charge in [-0.1, -0.05) is 24.3 Å². The van der Waals surface area contributed by atoms with Gasteiger partial charge in [0.1, 0.15) is 5.76 Å². The van der Waals surface area contributed by atoms with Gasteiger partial charge in [0.15, 0.2) is 0 Å². The molecule has 0 spiro atoms. The summed E-state index contributed by atoms with van der Waals surface area (Å²) in [5.74, 6) is -1.37. The van der Waals surface area contributed by atoms with E-state index in [0.29, 0.717) is 5.56 Å². The minimum Gasteiger partial charge on any atom is -1.00 e. The van der Waals surface area contributed by atoms with Gasteiger partial charge in [-0.25, -0.2) is 0 Å². The van der Waals surface area contributed by atoms with Gasteiger partial charge in [0.2, 0.25) is 11.6 Å². The van der Waals surface area contributed by atoms with Crippen molar-refractivity contribution >= 4 is 17.3 Å². The molecule has 0 heterocycles. The van der Waals surface area contributed by atoms with Crippen LogP contribution in [0.1, 0.15) is 17.3 Å². The second kappa shape index (κ2) is 4.09. The fraction of sp³-hybridized carbons (Fsp3) is 0. The van der Waals surface area contributed by atoms with Crippen molar-refractivity contribution in [1.82, 2.24) is 0 Å². The molecule has 0 fully saturated rings. The Balaban J connectivity index is 0.000000980. The third-order valence-electron chi connectivity index (χ3n) is 1.94. The van der Waals surface area contributed by atoms with Crippen LogP contribution in [-0.2, 0) is 4.79 Å². The molecule has 0 unspecified atom stereocenters. The number of aliphatic hydroxyl groups excluding tert-OH is 1. The van der Waals surface area contributed by atoms with Crippen molar-refractivity contribution in [2.24, 2.45) is 0 Å². The van der Waals surface area contributed by atoms with Crippen LogP contribution >= 0.6 is 0 Å². The maximum atomic E-state index is 11.3. The molecular formula is C10H7NaO3. The Morgan fingerprint density at radius 3 is 2.29 bits per heavy atom. The number of fused-ring (bicyclic) bond motifs is 1. The summed E-state index contributed by atoms with van der Waals surface area (Å²) in [5, 5.41) is 9.34. The van der Waals surface area contributed by atoms with Crippen LogP contribution in [0.15, 0.2) is 30.3 Å². The molecule has 2 rings (SSSR count). The van der Waals surface area contributed by atoms with Gasteiger partial charge >= 0.3 is 29.6 Å². The van der Waals surface area contributed by atoms with Crippen LogP contribution in [0, 0.1) is 0 Å². The molecule has 1 aliphatic rings. The standard InChI is InChI=1S/C10H6O3.Na.H/c11-8-5-9(12)10(13)7-4-2-1-3-6(7)8;;/h1-5,11H;;/q;+1;-1. The molecule has 0 bridgehead atoms. The summed E-state index contributed by atoms with van der Waals surface area (Å²) in [5.41, 5.74) is 0.694. The van der Waals surface area contributed by atoms with Crippen molar-refractivity contribution < 1.29 is 45.7 Å². The van der Waals surface area contributed by atoms with E-state index in [1.54, 1.807) is 18.2 Å². The Labute approximate surface area is 104 Å². The minimum absolute atomic E-state index is 0. The summed E-state index contributed by atoms with van der Waals surface area (Å²) in [7, 11) is 0. The molecule has 0 aliphatic heterocycles. The van der Waals surface area contributed by atoms with Gasteiger partial charge in [-0.3, -0.25) is 9.59 Å². The third kappa shape index (κ3) is 1.66. The van der Waals surface area contributed by atoms with E-state index in [-0.39, 0.29) is 42.3 Å². The van der Waals surface area contributed by atoms with Crippen LogP contribution < -0.4 is 29.6 Å². The van der Waals surface area contributed by atoms with E-state index in [1.807, 2.05) is 0 Å². The summed E-state index contributed by atoms with van der Waals surface area (Å²) in [6, 6.07) is 6.48. The smallest absolute Gasteiger partial charge is 1.00 e. The fourth-order valence-corrected chi connectivity index (χ4v) is 1.30. The molecule has 0 atom stereocenters. The summed E-state index contributed by atoms with van der Waals surface area (Å²) in [6.45, 7) is 0. The second-order valence-corrected chi connectivity index (χ2v) is 2.77. The zero-order chi connectivity index (χ0) is 9.42. The maximum absolute atomic E-state index is 11.3. The van der Waals surface area contributed by atoms with Crippen LogP contribution in [0.2, 0.25) is 0 Å². The molecule has 14 heavy (non-hydrogen) atoms. The normalized spacial score (nSPS) is 14.1. The predicted molar refractivity (Wildman–Crippen MR) is 47.5 cm³/mol. The second-order valence-electron chi connectivity index (χ2n) is 2.77. The van der Waals surface area contributed by atoms with Crippen molar-refractivity contribution in [1.29, 1.82) is 0 Å². The predicted octanol–water partition coefficient (Wildman–Crippen LogP) is -1.53. The summed E-state index contributed by atoms with van der Waals surface area (Å²) in [4.78, 5) is 22.2. The molecule has 4 heteroatoms. The van der Waals surface area contributed by atoms with Crippen molar-refractivity contribution in [3.8, 4) is 0 Å². The van der Waals surface area contributed by atoms with Gasteiger partial charge in [-0.05, 0) is 0 Å². The number of allylic oxidation sites excluding steroid dienone is 1. The molecule has 3 nitrogen and oxygen atoms in total. The quantitative estimate of drug-likeness (QED) is 0.406. The van der Waals surface area contributed by atoms with E-state index in [4.69, 9.17) is 0 Å². The Bertz CT molecular complexity index is 440. The summed E-state index contributed by atoms with van der Waals surface area (Å²) >= 11 is 0.